The topological polar surface area (TPSA) is 74.6 Å². The highest BCUT2D eigenvalue weighted by Gasteiger charge is 2.58. The van der Waals surface area contributed by atoms with Gasteiger partial charge in [-0.2, -0.15) is 0 Å². The van der Waals surface area contributed by atoms with Crippen LogP contribution in [0.1, 0.15) is 80.1 Å². The second-order valence-electron chi connectivity index (χ2n) is 11.6. The molecule has 0 spiro atoms. The van der Waals surface area contributed by atoms with Crippen molar-refractivity contribution in [3.05, 3.63) is 23.8 Å². The van der Waals surface area contributed by atoms with Gasteiger partial charge in [0, 0.05) is 0 Å². The zero-order valence-electron chi connectivity index (χ0n) is 20.2. The summed E-state index contributed by atoms with van der Waals surface area (Å²) in [6.45, 7) is 13.5. The van der Waals surface area contributed by atoms with Gasteiger partial charge < -0.3 is 10.2 Å². The molecule has 2 N–H and O–H groups in total. The summed E-state index contributed by atoms with van der Waals surface area (Å²) in [5.74, 6) is 0.548. The minimum Gasteiger partial charge on any atom is -0.481 e. The van der Waals surface area contributed by atoms with Crippen LogP contribution in [0.4, 0.5) is 0 Å². The zero-order chi connectivity index (χ0) is 23.1. The van der Waals surface area contributed by atoms with Crippen LogP contribution in [-0.4, -0.2) is 22.2 Å². The highest BCUT2D eigenvalue weighted by atomic mass is 16.4. The van der Waals surface area contributed by atoms with Crippen molar-refractivity contribution in [2.45, 2.75) is 80.1 Å². The lowest BCUT2D eigenvalue weighted by Gasteiger charge is -2.54. The minimum absolute atomic E-state index is 0.0644. The summed E-state index contributed by atoms with van der Waals surface area (Å²) in [5, 5.41) is 19.4. The van der Waals surface area contributed by atoms with Crippen molar-refractivity contribution in [2.75, 3.05) is 0 Å². The molecule has 8 atom stereocenters. The van der Waals surface area contributed by atoms with E-state index in [0.717, 1.165) is 19.3 Å². The molecular weight excluding hydrogens is 388 g/mol. The van der Waals surface area contributed by atoms with E-state index in [-0.39, 0.29) is 17.8 Å². The summed E-state index contributed by atoms with van der Waals surface area (Å²) in [5.41, 5.74) is 0.886. The van der Waals surface area contributed by atoms with Crippen molar-refractivity contribution in [2.24, 2.45) is 52.3 Å². The molecule has 174 valence electrons. The van der Waals surface area contributed by atoms with Crippen LogP contribution in [0.15, 0.2) is 23.8 Å². The number of carbonyl (C=O) groups is 2. The molecule has 0 amide bonds. The van der Waals surface area contributed by atoms with Crippen molar-refractivity contribution in [1.29, 1.82) is 0 Å². The Morgan fingerprint density at radius 2 is 1.74 bits per heavy atom. The Labute approximate surface area is 188 Å². The molecule has 4 nitrogen and oxygen atoms in total. The first-order valence-electron chi connectivity index (χ1n) is 12.2. The molecule has 0 heterocycles. The Hall–Kier alpha value is -1.58. The van der Waals surface area contributed by atoms with Crippen LogP contribution < -0.4 is 0 Å². The predicted molar refractivity (Wildman–Crippen MR) is 124 cm³/mol. The third-order valence-electron chi connectivity index (χ3n) is 9.60. The molecule has 3 aliphatic carbocycles. The molecule has 0 aromatic heterocycles. The van der Waals surface area contributed by atoms with Crippen molar-refractivity contribution < 1.29 is 19.8 Å². The number of hydrogen-bond acceptors (Lipinski definition) is 2. The van der Waals surface area contributed by atoms with Crippen LogP contribution in [0.3, 0.4) is 0 Å². The summed E-state index contributed by atoms with van der Waals surface area (Å²) in [6.07, 6.45) is 11.7. The van der Waals surface area contributed by atoms with Gasteiger partial charge in [0.2, 0.25) is 0 Å². The Morgan fingerprint density at radius 3 is 2.32 bits per heavy atom. The summed E-state index contributed by atoms with van der Waals surface area (Å²) >= 11 is 0. The van der Waals surface area contributed by atoms with Gasteiger partial charge in [0.05, 0.1) is 12.3 Å². The fourth-order valence-electron chi connectivity index (χ4n) is 7.32. The first-order valence-corrected chi connectivity index (χ1v) is 12.2. The molecule has 3 aliphatic rings. The SMILES string of the molecule is CC(C)[C@@H](C)/C=C/[C@@H](C)[C@@H]1CC[C@@H]2C3=CC[C@H](C(=O)O)[C@](C)(CC(=O)O)[C@H]3CC[C@]21C. The highest BCUT2D eigenvalue weighted by Crippen LogP contribution is 2.65. The molecule has 0 saturated heterocycles. The Bertz CT molecular complexity index is 765. The van der Waals surface area contributed by atoms with E-state index >= 15 is 0 Å². The van der Waals surface area contributed by atoms with Gasteiger partial charge in [0.25, 0.3) is 0 Å². The van der Waals surface area contributed by atoms with E-state index in [1.807, 2.05) is 6.92 Å². The normalized spacial score (nSPS) is 39.6. The van der Waals surface area contributed by atoms with Crippen molar-refractivity contribution in [3.63, 3.8) is 0 Å². The van der Waals surface area contributed by atoms with E-state index < -0.39 is 23.3 Å². The summed E-state index contributed by atoms with van der Waals surface area (Å²) in [6, 6.07) is 0. The van der Waals surface area contributed by atoms with Crippen LogP contribution in [0.5, 0.6) is 0 Å². The first kappa shape index (κ1) is 24.1. The molecule has 2 saturated carbocycles. The molecule has 0 bridgehead atoms. The highest BCUT2D eigenvalue weighted by molar-refractivity contribution is 5.75. The van der Waals surface area contributed by atoms with Crippen LogP contribution in [0.2, 0.25) is 0 Å². The average Bonchev–Trinajstić information content (AvgIpc) is 3.02. The van der Waals surface area contributed by atoms with E-state index in [1.54, 1.807) is 0 Å². The van der Waals surface area contributed by atoms with Crippen molar-refractivity contribution in [1.82, 2.24) is 0 Å². The number of fused-ring (bicyclic) bond motifs is 3. The molecule has 3 rings (SSSR count). The van der Waals surface area contributed by atoms with E-state index in [9.17, 15) is 19.8 Å². The molecule has 0 aromatic rings. The fourth-order valence-corrected chi connectivity index (χ4v) is 7.32. The maximum absolute atomic E-state index is 12.0. The lowest BCUT2D eigenvalue weighted by atomic mass is 9.49. The molecule has 0 aromatic carbocycles. The van der Waals surface area contributed by atoms with E-state index in [1.165, 1.54) is 12.0 Å². The average molecular weight is 431 g/mol. The maximum atomic E-state index is 12.0. The fraction of sp³-hybridized carbons (Fsp3) is 0.778. The van der Waals surface area contributed by atoms with Crippen LogP contribution in [-0.2, 0) is 9.59 Å². The zero-order valence-corrected chi connectivity index (χ0v) is 20.2. The summed E-state index contributed by atoms with van der Waals surface area (Å²) in [4.78, 5) is 23.7. The monoisotopic (exact) mass is 430 g/mol. The number of aliphatic carboxylic acids is 2. The molecule has 0 radical (unpaired) electrons. The molecule has 2 fully saturated rings. The molecule has 4 heteroatoms. The van der Waals surface area contributed by atoms with E-state index in [4.69, 9.17) is 0 Å². The van der Waals surface area contributed by atoms with Crippen LogP contribution >= 0.6 is 0 Å². The van der Waals surface area contributed by atoms with Crippen LogP contribution in [0.25, 0.3) is 0 Å². The lowest BCUT2D eigenvalue weighted by molar-refractivity contribution is -0.153. The van der Waals surface area contributed by atoms with E-state index in [2.05, 4.69) is 52.8 Å². The number of rotatable bonds is 7. The quantitative estimate of drug-likeness (QED) is 0.457. The maximum Gasteiger partial charge on any atom is 0.307 e. The number of carboxylic acids is 2. The van der Waals surface area contributed by atoms with Gasteiger partial charge in [-0.25, -0.2) is 0 Å². The van der Waals surface area contributed by atoms with Gasteiger partial charge in [-0.15, -0.1) is 0 Å². The standard InChI is InChI=1S/C27H42O4/c1-16(2)17(3)7-8-18(4)20-11-12-21-19-9-10-23(25(30)31)27(6,15-24(28)29)22(19)13-14-26(20,21)5/h7-9,16-18,20-23H,10-15H2,1-6H3,(H,28,29)(H,30,31)/b8-7+/t17-,18+,20-,21+,22-,23+,26-,27+/m0/s1. The van der Waals surface area contributed by atoms with Gasteiger partial charge >= 0.3 is 11.9 Å². The third kappa shape index (κ3) is 4.24. The number of carboxylic acid groups (broad SMARTS) is 2. The number of hydrogen-bond donors (Lipinski definition) is 2. The van der Waals surface area contributed by atoms with E-state index in [0.29, 0.717) is 36.0 Å². The minimum atomic E-state index is -0.884. The van der Waals surface area contributed by atoms with Gasteiger partial charge in [0.1, 0.15) is 0 Å². The Kier molecular flexibility index (Phi) is 6.79. The summed E-state index contributed by atoms with van der Waals surface area (Å²) in [7, 11) is 0. The van der Waals surface area contributed by atoms with Gasteiger partial charge in [0.15, 0.2) is 0 Å². The first-order chi connectivity index (χ1) is 14.4. The smallest absolute Gasteiger partial charge is 0.307 e. The lowest BCUT2D eigenvalue weighted by Crippen LogP contribution is -2.50. The third-order valence-corrected chi connectivity index (χ3v) is 9.60. The molecule has 0 aliphatic heterocycles. The van der Waals surface area contributed by atoms with Gasteiger partial charge in [-0.05, 0) is 78.4 Å². The second kappa shape index (κ2) is 8.75. The Balaban J connectivity index is 1.87. The van der Waals surface area contributed by atoms with Gasteiger partial charge in [-0.3, -0.25) is 9.59 Å². The largest absolute Gasteiger partial charge is 0.481 e. The van der Waals surface area contributed by atoms with Crippen LogP contribution in [0, 0.1) is 52.3 Å². The summed E-state index contributed by atoms with van der Waals surface area (Å²) < 4.78 is 0. The van der Waals surface area contributed by atoms with Crippen molar-refractivity contribution in [3.8, 4) is 0 Å². The number of allylic oxidation sites excluding steroid dienone is 4. The van der Waals surface area contributed by atoms with Crippen molar-refractivity contribution >= 4 is 11.9 Å². The Morgan fingerprint density at radius 1 is 1.06 bits per heavy atom. The predicted octanol–water partition coefficient (Wildman–Crippen LogP) is 6.43. The molecule has 31 heavy (non-hydrogen) atoms. The second-order valence-corrected chi connectivity index (χ2v) is 11.6. The molecule has 0 unspecified atom stereocenters. The molecular formula is C27H42O4. The van der Waals surface area contributed by atoms with Gasteiger partial charge in [-0.1, -0.05) is 65.3 Å².